The largest absolute Gasteiger partial charge is 0.481 e. The molecule has 7 heteroatoms. The van der Waals surface area contributed by atoms with E-state index >= 15 is 0 Å². The number of piperidine rings is 1. The van der Waals surface area contributed by atoms with Gasteiger partial charge in [0.2, 0.25) is 5.91 Å². The number of carbonyl (C=O) groups excluding carboxylic acids is 1. The Morgan fingerprint density at radius 3 is 2.52 bits per heavy atom. The highest BCUT2D eigenvalue weighted by Crippen LogP contribution is 2.25. The summed E-state index contributed by atoms with van der Waals surface area (Å²) in [6.07, 6.45) is 1.18. The number of carboxylic acids is 1. The zero-order chi connectivity index (χ0) is 17.0. The lowest BCUT2D eigenvalue weighted by Crippen LogP contribution is -2.43. The van der Waals surface area contributed by atoms with Gasteiger partial charge in [-0.25, -0.2) is 0 Å². The van der Waals surface area contributed by atoms with Gasteiger partial charge >= 0.3 is 5.97 Å². The summed E-state index contributed by atoms with van der Waals surface area (Å²) in [5.41, 5.74) is 0.886. The number of likely N-dealkylation sites (tertiary alicyclic amines) is 1. The van der Waals surface area contributed by atoms with E-state index in [4.69, 9.17) is 28.3 Å². The molecule has 1 heterocycles. The molecule has 0 bridgehead atoms. The molecular weight excluding hydrogens is 339 g/mol. The number of aliphatic carboxylic acids is 1. The molecule has 1 aromatic rings. The smallest absolute Gasteiger partial charge is 0.306 e. The molecular formula is C16H20Cl2N2O3. The van der Waals surface area contributed by atoms with Crippen LogP contribution in [0.15, 0.2) is 18.2 Å². The molecule has 2 N–H and O–H groups in total. The van der Waals surface area contributed by atoms with Crippen molar-refractivity contribution in [2.75, 3.05) is 19.6 Å². The quantitative estimate of drug-likeness (QED) is 0.848. The molecule has 0 aliphatic carbocycles. The normalized spacial score (nSPS) is 17.7. The maximum absolute atomic E-state index is 12.1. The summed E-state index contributed by atoms with van der Waals surface area (Å²) in [5, 5.41) is 12.8. The summed E-state index contributed by atoms with van der Waals surface area (Å²) < 4.78 is 0. The fraction of sp³-hybridized carbons (Fsp3) is 0.500. The van der Waals surface area contributed by atoms with Gasteiger partial charge in [0, 0.05) is 0 Å². The third-order valence-electron chi connectivity index (χ3n) is 4.13. The lowest BCUT2D eigenvalue weighted by molar-refractivity contribution is -0.143. The molecule has 1 fully saturated rings. The van der Waals surface area contributed by atoms with Gasteiger partial charge in [-0.2, -0.15) is 0 Å². The maximum atomic E-state index is 12.1. The minimum absolute atomic E-state index is 0.0858. The summed E-state index contributed by atoms with van der Waals surface area (Å²) in [7, 11) is 0. The average molecular weight is 359 g/mol. The van der Waals surface area contributed by atoms with Crippen LogP contribution in [0.5, 0.6) is 0 Å². The van der Waals surface area contributed by atoms with Crippen molar-refractivity contribution >= 4 is 35.1 Å². The minimum atomic E-state index is -0.748. The summed E-state index contributed by atoms with van der Waals surface area (Å²) >= 11 is 11.9. The lowest BCUT2D eigenvalue weighted by Gasteiger charge is -2.29. The van der Waals surface area contributed by atoms with E-state index in [9.17, 15) is 9.59 Å². The Bertz CT molecular complexity index is 587. The molecule has 0 radical (unpaired) electrons. The van der Waals surface area contributed by atoms with Crippen LogP contribution >= 0.6 is 23.2 Å². The molecule has 1 aromatic carbocycles. The van der Waals surface area contributed by atoms with Crippen LogP contribution in [0.25, 0.3) is 0 Å². The third-order valence-corrected chi connectivity index (χ3v) is 4.86. The number of amides is 1. The van der Waals surface area contributed by atoms with Crippen LogP contribution in [0.3, 0.4) is 0 Å². The number of carbonyl (C=O) groups is 2. The van der Waals surface area contributed by atoms with Crippen molar-refractivity contribution in [1.29, 1.82) is 0 Å². The van der Waals surface area contributed by atoms with Gasteiger partial charge in [0.25, 0.3) is 0 Å². The molecule has 1 atom stereocenters. The zero-order valence-electron chi connectivity index (χ0n) is 12.9. The van der Waals surface area contributed by atoms with Crippen molar-refractivity contribution < 1.29 is 14.7 Å². The number of rotatable bonds is 5. The van der Waals surface area contributed by atoms with Crippen LogP contribution in [0, 0.1) is 5.92 Å². The van der Waals surface area contributed by atoms with Gasteiger partial charge in [0.15, 0.2) is 0 Å². The van der Waals surface area contributed by atoms with Gasteiger partial charge in [-0.1, -0.05) is 29.3 Å². The SMILES string of the molecule is CC(NC(=O)CN1CCC(C(=O)O)CC1)c1ccc(Cl)c(Cl)c1. The first-order valence-electron chi connectivity index (χ1n) is 7.56. The van der Waals surface area contributed by atoms with Crippen molar-refractivity contribution in [3.05, 3.63) is 33.8 Å². The minimum Gasteiger partial charge on any atom is -0.481 e. The van der Waals surface area contributed by atoms with Crippen molar-refractivity contribution in [1.82, 2.24) is 10.2 Å². The summed E-state index contributed by atoms with van der Waals surface area (Å²) in [5.74, 6) is -1.12. The first kappa shape index (κ1) is 18.0. The zero-order valence-corrected chi connectivity index (χ0v) is 14.4. The Kier molecular flexibility index (Phi) is 6.27. The van der Waals surface area contributed by atoms with E-state index in [1.54, 1.807) is 12.1 Å². The predicted octanol–water partition coefficient (Wildman–Crippen LogP) is 2.97. The van der Waals surface area contributed by atoms with E-state index in [1.807, 2.05) is 17.9 Å². The van der Waals surface area contributed by atoms with E-state index in [0.29, 0.717) is 36.0 Å². The fourth-order valence-electron chi connectivity index (χ4n) is 2.69. The second-order valence-electron chi connectivity index (χ2n) is 5.85. The molecule has 2 rings (SSSR count). The van der Waals surface area contributed by atoms with Crippen molar-refractivity contribution in [3.8, 4) is 0 Å². The number of hydrogen-bond donors (Lipinski definition) is 2. The van der Waals surface area contributed by atoms with Crippen molar-refractivity contribution in [3.63, 3.8) is 0 Å². The van der Waals surface area contributed by atoms with Gasteiger partial charge in [-0.3, -0.25) is 14.5 Å². The van der Waals surface area contributed by atoms with Crippen LogP contribution < -0.4 is 5.32 Å². The molecule has 126 valence electrons. The highest BCUT2D eigenvalue weighted by molar-refractivity contribution is 6.42. The number of hydrogen-bond acceptors (Lipinski definition) is 3. The third kappa shape index (κ3) is 5.09. The fourth-order valence-corrected chi connectivity index (χ4v) is 3.00. The standard InChI is InChI=1S/C16H20Cl2N2O3/c1-10(12-2-3-13(17)14(18)8-12)19-15(21)9-20-6-4-11(5-7-20)16(22)23/h2-3,8,10-11H,4-7,9H2,1H3,(H,19,21)(H,22,23). The van der Waals surface area contributed by atoms with Crippen LogP contribution in [-0.2, 0) is 9.59 Å². The second kappa shape index (κ2) is 7.99. The Balaban J connectivity index is 1.82. The topological polar surface area (TPSA) is 69.6 Å². The average Bonchev–Trinajstić information content (AvgIpc) is 2.50. The highest BCUT2D eigenvalue weighted by Gasteiger charge is 2.25. The number of halogens is 2. The second-order valence-corrected chi connectivity index (χ2v) is 6.67. The molecule has 1 amide bonds. The number of carboxylic acid groups (broad SMARTS) is 1. The lowest BCUT2D eigenvalue weighted by atomic mass is 9.97. The maximum Gasteiger partial charge on any atom is 0.306 e. The van der Waals surface area contributed by atoms with E-state index in [1.165, 1.54) is 0 Å². The molecule has 1 saturated heterocycles. The van der Waals surface area contributed by atoms with Crippen molar-refractivity contribution in [2.45, 2.75) is 25.8 Å². The van der Waals surface area contributed by atoms with E-state index < -0.39 is 5.97 Å². The van der Waals surface area contributed by atoms with Gasteiger partial charge in [0.05, 0.1) is 28.5 Å². The molecule has 0 aromatic heterocycles. The summed E-state index contributed by atoms with van der Waals surface area (Å²) in [6, 6.07) is 5.11. The van der Waals surface area contributed by atoms with Crippen LogP contribution in [-0.4, -0.2) is 41.5 Å². The van der Waals surface area contributed by atoms with Gasteiger partial charge in [-0.15, -0.1) is 0 Å². The Morgan fingerprint density at radius 2 is 1.96 bits per heavy atom. The van der Waals surface area contributed by atoms with E-state index in [-0.39, 0.29) is 24.4 Å². The van der Waals surface area contributed by atoms with Gasteiger partial charge < -0.3 is 10.4 Å². The Morgan fingerprint density at radius 1 is 1.30 bits per heavy atom. The summed E-state index contributed by atoms with van der Waals surface area (Å²) in [6.45, 7) is 3.42. The molecule has 23 heavy (non-hydrogen) atoms. The number of nitrogens with one attached hydrogen (secondary N) is 1. The summed E-state index contributed by atoms with van der Waals surface area (Å²) in [4.78, 5) is 25.0. The predicted molar refractivity (Wildman–Crippen MR) is 89.8 cm³/mol. The van der Waals surface area contributed by atoms with E-state index in [0.717, 1.165) is 5.56 Å². The Labute approximate surface area is 145 Å². The van der Waals surface area contributed by atoms with Gasteiger partial charge in [-0.05, 0) is 50.6 Å². The van der Waals surface area contributed by atoms with Crippen LogP contribution in [0.2, 0.25) is 10.0 Å². The van der Waals surface area contributed by atoms with Crippen LogP contribution in [0.4, 0.5) is 0 Å². The van der Waals surface area contributed by atoms with E-state index in [2.05, 4.69) is 5.32 Å². The molecule has 1 unspecified atom stereocenters. The number of nitrogens with zero attached hydrogens (tertiary/aromatic N) is 1. The Hall–Kier alpha value is -1.30. The van der Waals surface area contributed by atoms with Crippen LogP contribution in [0.1, 0.15) is 31.4 Å². The van der Waals surface area contributed by atoms with Crippen molar-refractivity contribution in [2.24, 2.45) is 5.92 Å². The molecule has 1 aliphatic rings. The highest BCUT2D eigenvalue weighted by atomic mass is 35.5. The van der Waals surface area contributed by atoms with Gasteiger partial charge in [0.1, 0.15) is 0 Å². The molecule has 5 nitrogen and oxygen atoms in total. The molecule has 1 aliphatic heterocycles. The first-order chi connectivity index (χ1) is 10.9. The molecule has 0 spiro atoms. The first-order valence-corrected chi connectivity index (χ1v) is 8.32. The monoisotopic (exact) mass is 358 g/mol. The molecule has 0 saturated carbocycles. The number of benzene rings is 1.